The maximum absolute atomic E-state index is 9.08. The number of hydrogen-bond donors (Lipinski definition) is 1. The van der Waals surface area contributed by atoms with Crippen LogP contribution in [-0.2, 0) is 0 Å². The van der Waals surface area contributed by atoms with Gasteiger partial charge in [-0.2, -0.15) is 5.26 Å². The van der Waals surface area contributed by atoms with Crippen molar-refractivity contribution in [3.8, 4) is 6.07 Å². The van der Waals surface area contributed by atoms with Gasteiger partial charge in [-0.3, -0.25) is 5.41 Å². The fourth-order valence-electron chi connectivity index (χ4n) is 2.94. The van der Waals surface area contributed by atoms with E-state index in [4.69, 9.17) is 15.1 Å². The Kier molecular flexibility index (Phi) is 3.97. The number of fused-ring (bicyclic) bond motifs is 1. The highest BCUT2D eigenvalue weighted by Gasteiger charge is 2.13. The Labute approximate surface area is 150 Å². The summed E-state index contributed by atoms with van der Waals surface area (Å²) < 4.78 is 5.56. The number of nitrogens with zero attached hydrogens (tertiary/aromatic N) is 2. The molecule has 1 aromatic heterocycles. The SMILES string of the molecule is N#Cc1cc2ccc(N(c3ccccc3)c3ccccc3)cc2oc1=N. The summed E-state index contributed by atoms with van der Waals surface area (Å²) in [5, 5.41) is 17.7. The molecule has 1 N–H and O–H groups in total. The first kappa shape index (κ1) is 15.7. The van der Waals surface area contributed by atoms with E-state index in [-0.39, 0.29) is 11.1 Å². The summed E-state index contributed by atoms with van der Waals surface area (Å²) in [6.07, 6.45) is 0. The van der Waals surface area contributed by atoms with Crippen LogP contribution >= 0.6 is 0 Å². The summed E-state index contributed by atoms with van der Waals surface area (Å²) in [5.41, 5.74) is 3.65. The monoisotopic (exact) mass is 337 g/mol. The molecule has 4 heteroatoms. The Balaban J connectivity index is 1.91. The lowest BCUT2D eigenvalue weighted by Gasteiger charge is -2.25. The zero-order chi connectivity index (χ0) is 17.9. The highest BCUT2D eigenvalue weighted by atomic mass is 16.3. The van der Waals surface area contributed by atoms with E-state index < -0.39 is 0 Å². The topological polar surface area (TPSA) is 64.0 Å². The van der Waals surface area contributed by atoms with Crippen LogP contribution in [-0.4, -0.2) is 0 Å². The van der Waals surface area contributed by atoms with Crippen LogP contribution < -0.4 is 10.5 Å². The van der Waals surface area contributed by atoms with Gasteiger partial charge < -0.3 is 9.32 Å². The average Bonchev–Trinajstić information content (AvgIpc) is 2.69. The molecule has 3 aromatic carbocycles. The molecule has 0 aliphatic carbocycles. The molecule has 1 heterocycles. The van der Waals surface area contributed by atoms with Crippen LogP contribution in [0.25, 0.3) is 11.0 Å². The maximum Gasteiger partial charge on any atom is 0.229 e. The molecule has 0 fully saturated rings. The number of para-hydroxylation sites is 2. The van der Waals surface area contributed by atoms with Gasteiger partial charge in [0.25, 0.3) is 0 Å². The number of nitriles is 1. The summed E-state index contributed by atoms with van der Waals surface area (Å²) in [5.74, 6) is 0. The van der Waals surface area contributed by atoms with Crippen molar-refractivity contribution in [1.82, 2.24) is 0 Å². The van der Waals surface area contributed by atoms with Gasteiger partial charge in [-0.25, -0.2) is 0 Å². The summed E-state index contributed by atoms with van der Waals surface area (Å²) in [7, 11) is 0. The lowest BCUT2D eigenvalue weighted by atomic mass is 10.1. The second-order valence-electron chi connectivity index (χ2n) is 5.83. The second kappa shape index (κ2) is 6.58. The lowest BCUT2D eigenvalue weighted by molar-refractivity contribution is 0.530. The van der Waals surface area contributed by atoms with Gasteiger partial charge in [0.15, 0.2) is 0 Å². The van der Waals surface area contributed by atoms with Gasteiger partial charge in [0.1, 0.15) is 17.2 Å². The number of hydrogen-bond acceptors (Lipinski definition) is 4. The molecule has 0 aliphatic heterocycles. The minimum Gasteiger partial charge on any atom is -0.438 e. The van der Waals surface area contributed by atoms with Crippen LogP contribution in [0.4, 0.5) is 17.1 Å². The number of rotatable bonds is 3. The van der Waals surface area contributed by atoms with Crippen molar-refractivity contribution in [3.05, 3.63) is 96.0 Å². The third-order valence-corrected chi connectivity index (χ3v) is 4.16. The van der Waals surface area contributed by atoms with Crippen LogP contribution in [0, 0.1) is 16.7 Å². The first-order valence-electron chi connectivity index (χ1n) is 8.19. The van der Waals surface area contributed by atoms with Crippen LogP contribution in [0.15, 0.2) is 89.3 Å². The fourth-order valence-corrected chi connectivity index (χ4v) is 2.94. The van der Waals surface area contributed by atoms with E-state index in [1.54, 1.807) is 6.07 Å². The predicted octanol–water partition coefficient (Wildman–Crippen LogP) is 5.25. The van der Waals surface area contributed by atoms with E-state index >= 15 is 0 Å². The molecule has 0 saturated heterocycles. The van der Waals surface area contributed by atoms with Gasteiger partial charge in [0, 0.05) is 28.5 Å². The fraction of sp³-hybridized carbons (Fsp3) is 0. The Hall–Kier alpha value is -3.84. The van der Waals surface area contributed by atoms with Crippen molar-refractivity contribution in [2.24, 2.45) is 0 Å². The Morgan fingerprint density at radius 2 is 1.38 bits per heavy atom. The first-order chi connectivity index (χ1) is 12.8. The first-order valence-corrected chi connectivity index (χ1v) is 8.19. The smallest absolute Gasteiger partial charge is 0.229 e. The Bertz CT molecular complexity index is 1120. The zero-order valence-corrected chi connectivity index (χ0v) is 13.9. The van der Waals surface area contributed by atoms with Gasteiger partial charge in [-0.15, -0.1) is 0 Å². The van der Waals surface area contributed by atoms with E-state index in [1.165, 1.54) is 0 Å². The molecule has 0 saturated carbocycles. The van der Waals surface area contributed by atoms with Gasteiger partial charge >= 0.3 is 0 Å². The van der Waals surface area contributed by atoms with Crippen molar-refractivity contribution in [2.75, 3.05) is 4.90 Å². The minimum atomic E-state index is -0.122. The highest BCUT2D eigenvalue weighted by Crippen LogP contribution is 2.35. The average molecular weight is 337 g/mol. The molecule has 4 rings (SSSR count). The third kappa shape index (κ3) is 2.83. The van der Waals surface area contributed by atoms with Crippen molar-refractivity contribution in [3.63, 3.8) is 0 Å². The largest absolute Gasteiger partial charge is 0.438 e. The third-order valence-electron chi connectivity index (χ3n) is 4.16. The number of anilines is 3. The molecular formula is C22H15N3O. The molecule has 0 aliphatic rings. The molecular weight excluding hydrogens is 322 g/mol. The van der Waals surface area contributed by atoms with Gasteiger partial charge in [-0.1, -0.05) is 36.4 Å². The summed E-state index contributed by atoms with van der Waals surface area (Å²) >= 11 is 0. The van der Waals surface area contributed by atoms with Gasteiger partial charge in [-0.05, 0) is 42.5 Å². The summed E-state index contributed by atoms with van der Waals surface area (Å²) in [4.78, 5) is 2.12. The number of benzene rings is 3. The van der Waals surface area contributed by atoms with Crippen LogP contribution in [0.5, 0.6) is 0 Å². The van der Waals surface area contributed by atoms with E-state index in [0.29, 0.717) is 5.58 Å². The van der Waals surface area contributed by atoms with Crippen LogP contribution in [0.2, 0.25) is 0 Å². The van der Waals surface area contributed by atoms with Crippen LogP contribution in [0.3, 0.4) is 0 Å². The van der Waals surface area contributed by atoms with Gasteiger partial charge in [0.2, 0.25) is 5.55 Å². The van der Waals surface area contributed by atoms with E-state index in [9.17, 15) is 0 Å². The second-order valence-corrected chi connectivity index (χ2v) is 5.83. The van der Waals surface area contributed by atoms with Crippen molar-refractivity contribution in [1.29, 1.82) is 10.7 Å². The molecule has 0 bridgehead atoms. The van der Waals surface area contributed by atoms with Crippen molar-refractivity contribution < 1.29 is 4.42 Å². The molecule has 4 aromatic rings. The van der Waals surface area contributed by atoms with E-state index in [1.807, 2.05) is 84.9 Å². The van der Waals surface area contributed by atoms with Crippen molar-refractivity contribution in [2.45, 2.75) is 0 Å². The molecule has 0 atom stereocenters. The normalized spacial score (nSPS) is 10.4. The van der Waals surface area contributed by atoms with E-state index in [2.05, 4.69) is 4.90 Å². The minimum absolute atomic E-state index is 0.122. The molecule has 0 unspecified atom stereocenters. The molecule has 26 heavy (non-hydrogen) atoms. The Morgan fingerprint density at radius 1 is 0.769 bits per heavy atom. The standard InChI is InChI=1S/C22H15N3O/c23-15-17-13-16-11-12-20(14-21(16)26-22(17)24)25(18-7-3-1-4-8-18)19-9-5-2-6-10-19/h1-14,24H. The Morgan fingerprint density at radius 3 is 1.96 bits per heavy atom. The number of nitrogens with one attached hydrogen (secondary N) is 1. The van der Waals surface area contributed by atoms with E-state index in [0.717, 1.165) is 22.4 Å². The molecule has 0 radical (unpaired) electrons. The summed E-state index contributed by atoms with van der Waals surface area (Å²) in [6, 6.07) is 29.6. The van der Waals surface area contributed by atoms with Crippen LogP contribution in [0.1, 0.15) is 5.56 Å². The molecule has 0 spiro atoms. The lowest BCUT2D eigenvalue weighted by Crippen LogP contribution is -2.10. The van der Waals surface area contributed by atoms with Gasteiger partial charge in [0.05, 0.1) is 0 Å². The maximum atomic E-state index is 9.08. The molecule has 124 valence electrons. The summed E-state index contributed by atoms with van der Waals surface area (Å²) in [6.45, 7) is 0. The quantitative estimate of drug-likeness (QED) is 0.555. The predicted molar refractivity (Wildman–Crippen MR) is 101 cm³/mol. The van der Waals surface area contributed by atoms with Crippen molar-refractivity contribution >= 4 is 28.0 Å². The highest BCUT2D eigenvalue weighted by molar-refractivity contribution is 5.86. The molecule has 0 amide bonds. The zero-order valence-electron chi connectivity index (χ0n) is 13.9. The molecule has 4 nitrogen and oxygen atoms in total.